The maximum Gasteiger partial charge on any atom is 0.224 e. The zero-order valence-electron chi connectivity index (χ0n) is 11.1. The lowest BCUT2D eigenvalue weighted by atomic mass is 10.2. The second kappa shape index (κ2) is 6.29. The van der Waals surface area contributed by atoms with Crippen LogP contribution < -0.4 is 10.1 Å². The van der Waals surface area contributed by atoms with Gasteiger partial charge < -0.3 is 10.1 Å². The van der Waals surface area contributed by atoms with Crippen LogP contribution in [0.25, 0.3) is 0 Å². The van der Waals surface area contributed by atoms with Gasteiger partial charge in [0.2, 0.25) is 5.88 Å². The van der Waals surface area contributed by atoms with Crippen LogP contribution in [0.3, 0.4) is 0 Å². The van der Waals surface area contributed by atoms with Gasteiger partial charge in [-0.15, -0.1) is 0 Å². The van der Waals surface area contributed by atoms with Gasteiger partial charge in [-0.25, -0.2) is 9.37 Å². The molecule has 0 aliphatic heterocycles. The first-order chi connectivity index (χ1) is 9.22. The van der Waals surface area contributed by atoms with Crippen LogP contribution in [0.5, 0.6) is 11.6 Å². The summed E-state index contributed by atoms with van der Waals surface area (Å²) in [7, 11) is 1.79. The van der Waals surface area contributed by atoms with Crippen LogP contribution in [0.4, 0.5) is 4.39 Å². The molecule has 0 bridgehead atoms. The number of aromatic nitrogens is 3. The predicted octanol–water partition coefficient (Wildman–Crippen LogP) is 2.34. The van der Waals surface area contributed by atoms with Gasteiger partial charge in [-0.3, -0.25) is 4.68 Å². The van der Waals surface area contributed by atoms with Crippen molar-refractivity contribution in [3.8, 4) is 11.6 Å². The number of nitrogens with zero attached hydrogens (tertiary/aromatic N) is 3. The van der Waals surface area contributed by atoms with Crippen LogP contribution in [0.2, 0.25) is 0 Å². The molecule has 0 aliphatic carbocycles. The van der Waals surface area contributed by atoms with Gasteiger partial charge in [0.05, 0.1) is 18.6 Å². The van der Waals surface area contributed by atoms with Gasteiger partial charge in [0.25, 0.3) is 0 Å². The Morgan fingerprint density at radius 3 is 3.00 bits per heavy atom. The molecule has 2 aromatic heterocycles. The molecule has 0 fully saturated rings. The molecule has 6 heteroatoms. The molecule has 2 rings (SSSR count). The van der Waals surface area contributed by atoms with E-state index in [1.165, 1.54) is 6.07 Å². The molecule has 0 aromatic carbocycles. The molecule has 0 saturated heterocycles. The molecule has 0 aliphatic rings. The fourth-order valence-corrected chi connectivity index (χ4v) is 1.74. The zero-order chi connectivity index (χ0) is 13.7. The number of ether oxygens (including phenoxy) is 1. The molecular weight excluding hydrogens is 247 g/mol. The summed E-state index contributed by atoms with van der Waals surface area (Å²) >= 11 is 0. The van der Waals surface area contributed by atoms with Gasteiger partial charge in [-0.2, -0.15) is 5.10 Å². The van der Waals surface area contributed by atoms with Gasteiger partial charge >= 0.3 is 0 Å². The molecule has 0 saturated carbocycles. The van der Waals surface area contributed by atoms with Crippen LogP contribution in [0.15, 0.2) is 24.7 Å². The maximum atomic E-state index is 13.2. The molecule has 0 amide bonds. The summed E-state index contributed by atoms with van der Waals surface area (Å²) in [5, 5.41) is 7.12. The van der Waals surface area contributed by atoms with E-state index >= 15 is 0 Å². The maximum absolute atomic E-state index is 13.2. The molecule has 0 unspecified atom stereocenters. The van der Waals surface area contributed by atoms with Crippen molar-refractivity contribution in [3.05, 3.63) is 36.0 Å². The van der Waals surface area contributed by atoms with Crippen molar-refractivity contribution in [2.75, 3.05) is 7.05 Å². The Kier molecular flexibility index (Phi) is 4.46. The van der Waals surface area contributed by atoms with E-state index in [2.05, 4.69) is 22.3 Å². The van der Waals surface area contributed by atoms with Gasteiger partial charge in [-0.1, -0.05) is 6.92 Å². The van der Waals surface area contributed by atoms with Crippen LogP contribution in [-0.4, -0.2) is 21.8 Å². The average Bonchev–Trinajstić information content (AvgIpc) is 2.81. The molecule has 102 valence electrons. The van der Waals surface area contributed by atoms with E-state index in [0.29, 0.717) is 23.7 Å². The van der Waals surface area contributed by atoms with Crippen LogP contribution >= 0.6 is 0 Å². The Bertz CT molecular complexity index is 541. The van der Waals surface area contributed by atoms with E-state index in [0.717, 1.165) is 19.2 Å². The minimum Gasteiger partial charge on any atom is -0.435 e. The molecule has 2 heterocycles. The lowest BCUT2D eigenvalue weighted by Crippen LogP contribution is -2.07. The normalized spacial score (nSPS) is 10.7. The van der Waals surface area contributed by atoms with Crippen molar-refractivity contribution >= 4 is 0 Å². The van der Waals surface area contributed by atoms with Gasteiger partial charge in [0.1, 0.15) is 5.82 Å². The third-order valence-electron chi connectivity index (χ3n) is 2.54. The topological polar surface area (TPSA) is 52.0 Å². The lowest BCUT2D eigenvalue weighted by Gasteiger charge is -2.08. The molecule has 1 N–H and O–H groups in total. The van der Waals surface area contributed by atoms with Gasteiger partial charge in [0, 0.05) is 18.7 Å². The summed E-state index contributed by atoms with van der Waals surface area (Å²) < 4.78 is 20.6. The number of halogens is 1. The van der Waals surface area contributed by atoms with E-state index < -0.39 is 0 Å². The Hall–Kier alpha value is -1.95. The minimum atomic E-state index is -0.376. The summed E-state index contributed by atoms with van der Waals surface area (Å²) in [6, 6.07) is 1.41. The summed E-state index contributed by atoms with van der Waals surface area (Å²) in [4.78, 5) is 3.97. The first kappa shape index (κ1) is 13.5. The quantitative estimate of drug-likeness (QED) is 0.870. The molecule has 5 nitrogen and oxygen atoms in total. The van der Waals surface area contributed by atoms with E-state index in [-0.39, 0.29) is 5.82 Å². The molecule has 19 heavy (non-hydrogen) atoms. The Balaban J connectivity index is 2.16. The summed E-state index contributed by atoms with van der Waals surface area (Å²) in [6.45, 7) is 3.40. The van der Waals surface area contributed by atoms with Crippen molar-refractivity contribution in [1.82, 2.24) is 20.1 Å². The van der Waals surface area contributed by atoms with Crippen LogP contribution in [0.1, 0.15) is 18.9 Å². The monoisotopic (exact) mass is 264 g/mol. The van der Waals surface area contributed by atoms with Gasteiger partial charge in [0.15, 0.2) is 5.75 Å². The number of hydrogen-bond acceptors (Lipinski definition) is 4. The van der Waals surface area contributed by atoms with Crippen molar-refractivity contribution in [1.29, 1.82) is 0 Å². The minimum absolute atomic E-state index is 0.376. The second-order valence-corrected chi connectivity index (χ2v) is 4.19. The fraction of sp³-hybridized carbons (Fsp3) is 0.385. The Morgan fingerprint density at radius 1 is 1.42 bits per heavy atom. The highest BCUT2D eigenvalue weighted by atomic mass is 19.1. The highest BCUT2D eigenvalue weighted by Crippen LogP contribution is 2.23. The van der Waals surface area contributed by atoms with Gasteiger partial charge in [-0.05, 0) is 19.5 Å². The number of nitrogens with one attached hydrogen (secondary N) is 1. The molecule has 0 spiro atoms. The Morgan fingerprint density at radius 2 is 2.26 bits per heavy atom. The molecule has 0 radical (unpaired) electrons. The smallest absolute Gasteiger partial charge is 0.224 e. The summed E-state index contributed by atoms with van der Waals surface area (Å²) in [5.41, 5.74) is 0.672. The third kappa shape index (κ3) is 3.51. The number of aryl methyl sites for hydroxylation is 1. The average molecular weight is 264 g/mol. The summed E-state index contributed by atoms with van der Waals surface area (Å²) in [5.74, 6) is 0.621. The summed E-state index contributed by atoms with van der Waals surface area (Å²) in [6.07, 6.45) is 5.58. The number of pyridine rings is 1. The van der Waals surface area contributed by atoms with Crippen LogP contribution in [-0.2, 0) is 13.1 Å². The lowest BCUT2D eigenvalue weighted by molar-refractivity contribution is 0.448. The standard InChI is InChI=1S/C13H17FN4O/c1-3-4-18-9-12(8-17-18)19-13-10(6-15-2)5-11(14)7-16-13/h5,7-9,15H,3-4,6H2,1-2H3. The first-order valence-electron chi connectivity index (χ1n) is 6.22. The van der Waals surface area contributed by atoms with Crippen molar-refractivity contribution < 1.29 is 9.13 Å². The van der Waals surface area contributed by atoms with E-state index in [4.69, 9.17) is 4.74 Å². The molecule has 2 aromatic rings. The van der Waals surface area contributed by atoms with E-state index in [1.807, 2.05) is 0 Å². The predicted molar refractivity (Wildman–Crippen MR) is 69.6 cm³/mol. The fourth-order valence-electron chi connectivity index (χ4n) is 1.74. The zero-order valence-corrected chi connectivity index (χ0v) is 11.1. The molecule has 0 atom stereocenters. The van der Waals surface area contributed by atoms with Crippen LogP contribution in [0, 0.1) is 5.82 Å². The van der Waals surface area contributed by atoms with Crippen molar-refractivity contribution in [2.24, 2.45) is 0 Å². The van der Waals surface area contributed by atoms with Crippen molar-refractivity contribution in [2.45, 2.75) is 26.4 Å². The SMILES string of the molecule is CCCn1cc(Oc2ncc(F)cc2CNC)cn1. The number of rotatable bonds is 6. The first-order valence-corrected chi connectivity index (χ1v) is 6.22. The Labute approximate surface area is 111 Å². The van der Waals surface area contributed by atoms with E-state index in [9.17, 15) is 4.39 Å². The highest BCUT2D eigenvalue weighted by Gasteiger charge is 2.09. The third-order valence-corrected chi connectivity index (χ3v) is 2.54. The van der Waals surface area contributed by atoms with Crippen molar-refractivity contribution in [3.63, 3.8) is 0 Å². The second-order valence-electron chi connectivity index (χ2n) is 4.19. The molecular formula is C13H17FN4O. The largest absolute Gasteiger partial charge is 0.435 e. The van der Waals surface area contributed by atoms with E-state index in [1.54, 1.807) is 24.1 Å². The highest BCUT2D eigenvalue weighted by molar-refractivity contribution is 5.30. The number of hydrogen-bond donors (Lipinski definition) is 1.